The number of nitrogens with zero attached hydrogens (tertiary/aromatic N) is 5. The topological polar surface area (TPSA) is 61.7 Å². The van der Waals surface area contributed by atoms with Crippen LogP contribution in [0.15, 0.2) is 85.2 Å². The lowest BCUT2D eigenvalue weighted by molar-refractivity contribution is -0.128. The van der Waals surface area contributed by atoms with Crippen molar-refractivity contribution in [3.63, 3.8) is 0 Å². The molecule has 1 fully saturated rings. The predicted octanol–water partition coefficient (Wildman–Crippen LogP) is 5.54. The lowest BCUT2D eigenvalue weighted by Gasteiger charge is -2.33. The molecular weight excluding hydrogens is 474 g/mol. The molecule has 0 radical (unpaired) electrons. The van der Waals surface area contributed by atoms with Crippen LogP contribution in [0.1, 0.15) is 37.3 Å². The van der Waals surface area contributed by atoms with Gasteiger partial charge < -0.3 is 9.47 Å². The maximum atomic E-state index is 13.9. The molecular formula is C31H35N5O2. The molecule has 4 aromatic rings. The first kappa shape index (κ1) is 25.5. The summed E-state index contributed by atoms with van der Waals surface area (Å²) in [6.45, 7) is 2.87. The molecule has 0 spiro atoms. The maximum absolute atomic E-state index is 13.9. The third-order valence-corrected chi connectivity index (χ3v) is 7.53. The van der Waals surface area contributed by atoms with Crippen LogP contribution in [0.3, 0.4) is 0 Å². The van der Waals surface area contributed by atoms with Crippen LogP contribution in [0, 0.1) is 0 Å². The summed E-state index contributed by atoms with van der Waals surface area (Å²) < 4.78 is 2.24. The van der Waals surface area contributed by atoms with Gasteiger partial charge in [0.2, 0.25) is 5.91 Å². The number of hydrogen-bond donors (Lipinski definition) is 0. The predicted molar refractivity (Wildman–Crippen MR) is 151 cm³/mol. The van der Waals surface area contributed by atoms with E-state index in [1.54, 1.807) is 27.9 Å². The average Bonchev–Trinajstić information content (AvgIpc) is 3.41. The van der Waals surface area contributed by atoms with Gasteiger partial charge in [-0.2, -0.15) is 0 Å². The van der Waals surface area contributed by atoms with Crippen LogP contribution >= 0.6 is 0 Å². The molecule has 2 aromatic heterocycles. The lowest BCUT2D eigenvalue weighted by atomic mass is 10.0. The van der Waals surface area contributed by atoms with Gasteiger partial charge in [-0.05, 0) is 42.2 Å². The van der Waals surface area contributed by atoms with E-state index in [1.807, 2.05) is 55.6 Å². The average molecular weight is 510 g/mol. The Hall–Kier alpha value is -4.13. The number of carbonyl (C=O) groups excluding carboxylic acids is 2. The van der Waals surface area contributed by atoms with Crippen LogP contribution in [-0.4, -0.2) is 57.6 Å². The molecule has 1 aliphatic rings. The summed E-state index contributed by atoms with van der Waals surface area (Å²) in [5.41, 5.74) is 3.40. The number of carbonyl (C=O) groups is 2. The van der Waals surface area contributed by atoms with Gasteiger partial charge in [-0.3, -0.25) is 14.6 Å². The summed E-state index contributed by atoms with van der Waals surface area (Å²) in [4.78, 5) is 37.1. The molecule has 1 saturated heterocycles. The van der Waals surface area contributed by atoms with E-state index in [9.17, 15) is 9.59 Å². The molecule has 0 saturated carbocycles. The highest BCUT2D eigenvalue weighted by Gasteiger charge is 2.47. The third-order valence-electron chi connectivity index (χ3n) is 7.53. The van der Waals surface area contributed by atoms with Crippen molar-refractivity contribution in [2.24, 2.45) is 0 Å². The van der Waals surface area contributed by atoms with E-state index in [4.69, 9.17) is 0 Å². The van der Waals surface area contributed by atoms with E-state index in [2.05, 4.69) is 46.9 Å². The molecule has 196 valence electrons. The Kier molecular flexibility index (Phi) is 7.45. The molecule has 3 amide bonds. The zero-order valence-electron chi connectivity index (χ0n) is 22.3. The van der Waals surface area contributed by atoms with Gasteiger partial charge in [0.05, 0.1) is 0 Å². The van der Waals surface area contributed by atoms with E-state index in [0.717, 1.165) is 42.3 Å². The Bertz CT molecular complexity index is 1400. The summed E-state index contributed by atoms with van der Waals surface area (Å²) in [6, 6.07) is 23.4. The zero-order valence-corrected chi connectivity index (χ0v) is 22.3. The lowest BCUT2D eigenvalue weighted by Crippen LogP contribution is -2.50. The number of para-hydroxylation sites is 1. The first-order valence-corrected chi connectivity index (χ1v) is 13.3. The van der Waals surface area contributed by atoms with Gasteiger partial charge in [-0.15, -0.1) is 0 Å². The molecule has 1 aliphatic heterocycles. The molecule has 2 unspecified atom stereocenters. The standard InChI is InChI=1S/C31H35N5O2/c1-4-5-18-29-34(3)30(37)27(36(29)31(38)33(2)28-17-11-12-19-32-28)20-24-22-35(21-23-13-7-6-8-14-23)26-16-10-9-15-25(24)26/h6-17,19,22,27,29H,4-5,18,20-21H2,1-3H3. The Balaban J connectivity index is 1.50. The van der Waals surface area contributed by atoms with Gasteiger partial charge in [-0.1, -0.05) is 67.9 Å². The summed E-state index contributed by atoms with van der Waals surface area (Å²) in [5, 5.41) is 1.11. The van der Waals surface area contributed by atoms with Crippen LogP contribution < -0.4 is 4.90 Å². The van der Waals surface area contributed by atoms with Crippen LogP contribution in [0.5, 0.6) is 0 Å². The molecule has 2 atom stereocenters. The van der Waals surface area contributed by atoms with Gasteiger partial charge in [0.25, 0.3) is 0 Å². The minimum Gasteiger partial charge on any atom is -0.343 e. The number of likely N-dealkylation sites (N-methyl/N-ethyl adjacent to an activating group) is 1. The quantitative estimate of drug-likeness (QED) is 0.313. The highest BCUT2D eigenvalue weighted by Crippen LogP contribution is 2.32. The number of hydrogen-bond acceptors (Lipinski definition) is 3. The Morgan fingerprint density at radius 3 is 2.47 bits per heavy atom. The number of anilines is 1. The van der Waals surface area contributed by atoms with Crippen molar-refractivity contribution in [3.05, 3.63) is 96.3 Å². The number of pyridine rings is 1. The molecule has 7 heteroatoms. The SMILES string of the molecule is CCCCC1N(C)C(=O)C(Cc2cn(Cc3ccccc3)c3ccccc23)N1C(=O)N(C)c1ccccn1. The van der Waals surface area contributed by atoms with Crippen LogP contribution in [0.4, 0.5) is 10.6 Å². The van der Waals surface area contributed by atoms with E-state index >= 15 is 0 Å². The second-order valence-electron chi connectivity index (χ2n) is 10.0. The molecule has 0 N–H and O–H groups in total. The fraction of sp³-hybridized carbons (Fsp3) is 0.323. The number of fused-ring (bicyclic) bond motifs is 1. The van der Waals surface area contributed by atoms with E-state index in [0.29, 0.717) is 12.2 Å². The van der Waals surface area contributed by atoms with Gasteiger partial charge in [-0.25, -0.2) is 9.78 Å². The Morgan fingerprint density at radius 1 is 1.00 bits per heavy atom. The molecule has 7 nitrogen and oxygen atoms in total. The van der Waals surface area contributed by atoms with Gasteiger partial charge in [0.15, 0.2) is 0 Å². The number of unbranched alkanes of at least 4 members (excludes halogenated alkanes) is 1. The Labute approximate surface area is 224 Å². The molecule has 2 aromatic carbocycles. The molecule has 3 heterocycles. The maximum Gasteiger partial charge on any atom is 0.327 e. The highest BCUT2D eigenvalue weighted by atomic mass is 16.2. The van der Waals surface area contributed by atoms with Crippen LogP contribution in [0.2, 0.25) is 0 Å². The monoisotopic (exact) mass is 509 g/mol. The second kappa shape index (κ2) is 11.1. The van der Waals surface area contributed by atoms with Gasteiger partial charge in [0.1, 0.15) is 18.0 Å². The number of amides is 3. The van der Waals surface area contributed by atoms with Gasteiger partial charge >= 0.3 is 6.03 Å². The number of aromatic nitrogens is 2. The largest absolute Gasteiger partial charge is 0.343 e. The first-order valence-electron chi connectivity index (χ1n) is 13.3. The molecule has 0 bridgehead atoms. The molecule has 5 rings (SSSR count). The summed E-state index contributed by atoms with van der Waals surface area (Å²) in [6.07, 6.45) is 6.66. The highest BCUT2D eigenvalue weighted by molar-refractivity contribution is 5.97. The molecule has 38 heavy (non-hydrogen) atoms. The second-order valence-corrected chi connectivity index (χ2v) is 10.0. The summed E-state index contributed by atoms with van der Waals surface area (Å²) in [7, 11) is 3.55. The van der Waals surface area contributed by atoms with Crippen molar-refractivity contribution in [3.8, 4) is 0 Å². The Morgan fingerprint density at radius 2 is 1.74 bits per heavy atom. The van der Waals surface area contributed by atoms with Crippen molar-refractivity contribution in [1.29, 1.82) is 0 Å². The van der Waals surface area contributed by atoms with E-state index in [-0.39, 0.29) is 18.1 Å². The van der Waals surface area contributed by atoms with Crippen molar-refractivity contribution in [1.82, 2.24) is 19.4 Å². The normalized spacial score (nSPS) is 17.4. The smallest absolute Gasteiger partial charge is 0.327 e. The fourth-order valence-electron chi connectivity index (χ4n) is 5.49. The van der Waals surface area contributed by atoms with Gasteiger partial charge in [0, 0.05) is 50.4 Å². The van der Waals surface area contributed by atoms with Crippen LogP contribution in [0.25, 0.3) is 10.9 Å². The van der Waals surface area contributed by atoms with Crippen molar-refractivity contribution in [2.75, 3.05) is 19.0 Å². The van der Waals surface area contributed by atoms with Crippen LogP contribution in [-0.2, 0) is 17.8 Å². The minimum absolute atomic E-state index is 0.0197. The summed E-state index contributed by atoms with van der Waals surface area (Å²) >= 11 is 0. The third kappa shape index (κ3) is 4.88. The minimum atomic E-state index is -0.587. The van der Waals surface area contributed by atoms with Crippen molar-refractivity contribution >= 4 is 28.7 Å². The summed E-state index contributed by atoms with van der Waals surface area (Å²) in [5.74, 6) is 0.542. The van der Waals surface area contributed by atoms with Crippen molar-refractivity contribution < 1.29 is 9.59 Å². The number of urea groups is 1. The zero-order chi connectivity index (χ0) is 26.6. The van der Waals surface area contributed by atoms with Crippen molar-refractivity contribution in [2.45, 2.75) is 51.4 Å². The number of benzene rings is 2. The number of rotatable bonds is 8. The fourth-order valence-corrected chi connectivity index (χ4v) is 5.49. The first-order chi connectivity index (χ1) is 18.5. The van der Waals surface area contributed by atoms with E-state index < -0.39 is 6.04 Å². The van der Waals surface area contributed by atoms with E-state index in [1.165, 1.54) is 5.56 Å². The molecule has 0 aliphatic carbocycles.